The Kier molecular flexibility index (Phi) is 2.83. The fourth-order valence-electron chi connectivity index (χ4n) is 2.02. The van der Waals surface area contributed by atoms with Crippen LogP contribution in [0.25, 0.3) is 0 Å². The topological polar surface area (TPSA) is 58.7 Å². The number of nitrogens with two attached hydrogens (primary N) is 1. The highest BCUT2D eigenvalue weighted by atomic mass is 19.1. The molecule has 1 aromatic rings. The smallest absolute Gasteiger partial charge is 0.346 e. The van der Waals surface area contributed by atoms with Crippen LogP contribution in [0.4, 0.5) is 9.18 Å². The molecule has 1 heterocycles. The number of benzene rings is 1. The SMILES string of the molecule is CCN1C(=O)N=C(N)C1c1cc(C)ccc1F. The van der Waals surface area contributed by atoms with Crippen molar-refractivity contribution in [1.29, 1.82) is 0 Å². The maximum Gasteiger partial charge on any atom is 0.346 e. The van der Waals surface area contributed by atoms with Crippen LogP contribution in [0.2, 0.25) is 0 Å². The van der Waals surface area contributed by atoms with Crippen LogP contribution in [0.1, 0.15) is 24.1 Å². The molecule has 0 saturated carbocycles. The van der Waals surface area contributed by atoms with E-state index in [-0.39, 0.29) is 11.7 Å². The lowest BCUT2D eigenvalue weighted by molar-refractivity contribution is 0.209. The molecule has 1 unspecified atom stereocenters. The third kappa shape index (κ3) is 1.88. The third-order valence-corrected chi connectivity index (χ3v) is 2.85. The quantitative estimate of drug-likeness (QED) is 0.852. The van der Waals surface area contributed by atoms with Gasteiger partial charge in [-0.2, -0.15) is 4.99 Å². The first-order valence-electron chi connectivity index (χ1n) is 5.45. The number of likely N-dealkylation sites (N-methyl/N-ethyl adjacent to an activating group) is 1. The molecular formula is C12H14FN3O. The summed E-state index contributed by atoms with van der Waals surface area (Å²) < 4.78 is 13.8. The lowest BCUT2D eigenvalue weighted by atomic mass is 10.0. The van der Waals surface area contributed by atoms with Crippen LogP contribution in [-0.4, -0.2) is 23.3 Å². The number of carbonyl (C=O) groups is 1. The van der Waals surface area contributed by atoms with E-state index < -0.39 is 12.1 Å². The summed E-state index contributed by atoms with van der Waals surface area (Å²) >= 11 is 0. The Labute approximate surface area is 98.9 Å². The normalized spacial score (nSPS) is 19.7. The molecule has 17 heavy (non-hydrogen) atoms. The summed E-state index contributed by atoms with van der Waals surface area (Å²) in [5.74, 6) is -0.215. The largest absolute Gasteiger partial charge is 0.385 e. The first-order valence-corrected chi connectivity index (χ1v) is 5.45. The van der Waals surface area contributed by atoms with E-state index in [1.807, 2.05) is 13.8 Å². The molecule has 4 nitrogen and oxygen atoms in total. The molecule has 0 spiro atoms. The summed E-state index contributed by atoms with van der Waals surface area (Å²) in [4.78, 5) is 16.7. The number of aliphatic imine (C=N–C) groups is 1. The van der Waals surface area contributed by atoms with Gasteiger partial charge in [0.2, 0.25) is 0 Å². The van der Waals surface area contributed by atoms with Gasteiger partial charge in [-0.3, -0.25) is 0 Å². The summed E-state index contributed by atoms with van der Waals surface area (Å²) in [6.07, 6.45) is 0. The fourth-order valence-corrected chi connectivity index (χ4v) is 2.02. The molecule has 0 fully saturated rings. The maximum absolute atomic E-state index is 13.8. The fraction of sp³-hybridized carbons (Fsp3) is 0.333. The zero-order valence-electron chi connectivity index (χ0n) is 9.77. The predicted molar refractivity (Wildman–Crippen MR) is 63.3 cm³/mol. The molecule has 1 aromatic carbocycles. The Bertz CT molecular complexity index is 499. The zero-order chi connectivity index (χ0) is 12.6. The third-order valence-electron chi connectivity index (χ3n) is 2.85. The molecule has 0 aliphatic carbocycles. The Morgan fingerprint density at radius 3 is 2.88 bits per heavy atom. The second-order valence-electron chi connectivity index (χ2n) is 4.03. The van der Waals surface area contributed by atoms with Gasteiger partial charge in [0.1, 0.15) is 17.7 Å². The highest BCUT2D eigenvalue weighted by molar-refractivity contribution is 6.03. The molecule has 0 radical (unpaired) electrons. The number of amides is 2. The number of aryl methyl sites for hydroxylation is 1. The van der Waals surface area contributed by atoms with Crippen molar-refractivity contribution in [2.45, 2.75) is 19.9 Å². The standard InChI is InChI=1S/C12H14FN3O/c1-3-16-10(11(14)15-12(16)17)8-6-7(2)4-5-9(8)13/h4-6,10H,3H2,1-2H3,(H2,14,15,17). The van der Waals surface area contributed by atoms with Crippen LogP contribution in [0.3, 0.4) is 0 Å². The Hall–Kier alpha value is -1.91. The number of halogens is 1. The van der Waals surface area contributed by atoms with Gasteiger partial charge >= 0.3 is 6.03 Å². The average Bonchev–Trinajstić information content (AvgIpc) is 2.56. The van der Waals surface area contributed by atoms with Crippen molar-refractivity contribution in [1.82, 2.24) is 4.90 Å². The minimum absolute atomic E-state index is 0.154. The van der Waals surface area contributed by atoms with Gasteiger partial charge in [-0.25, -0.2) is 9.18 Å². The van der Waals surface area contributed by atoms with Crippen LogP contribution in [0.15, 0.2) is 23.2 Å². The summed E-state index contributed by atoms with van der Waals surface area (Å²) in [5.41, 5.74) is 7.03. The van der Waals surface area contributed by atoms with Crippen LogP contribution in [0.5, 0.6) is 0 Å². The average molecular weight is 235 g/mol. The Morgan fingerprint density at radius 1 is 1.53 bits per heavy atom. The molecule has 90 valence electrons. The van der Waals surface area contributed by atoms with Crippen LogP contribution < -0.4 is 5.73 Å². The molecule has 2 rings (SSSR count). The van der Waals surface area contributed by atoms with E-state index in [1.54, 1.807) is 12.1 Å². The van der Waals surface area contributed by atoms with Crippen LogP contribution >= 0.6 is 0 Å². The molecule has 1 atom stereocenters. The molecular weight excluding hydrogens is 221 g/mol. The summed E-state index contributed by atoms with van der Waals surface area (Å²) in [6.45, 7) is 4.12. The monoisotopic (exact) mass is 235 g/mol. The van der Waals surface area contributed by atoms with E-state index in [9.17, 15) is 9.18 Å². The van der Waals surface area contributed by atoms with E-state index >= 15 is 0 Å². The Morgan fingerprint density at radius 2 is 2.24 bits per heavy atom. The number of urea groups is 1. The van der Waals surface area contributed by atoms with Crippen molar-refractivity contribution in [2.75, 3.05) is 6.54 Å². The van der Waals surface area contributed by atoms with E-state index in [2.05, 4.69) is 4.99 Å². The molecule has 1 aliphatic rings. The van der Waals surface area contributed by atoms with Crippen molar-refractivity contribution in [3.63, 3.8) is 0 Å². The summed E-state index contributed by atoms with van der Waals surface area (Å²) in [7, 11) is 0. The van der Waals surface area contributed by atoms with Gasteiger partial charge in [-0.05, 0) is 19.9 Å². The number of rotatable bonds is 2. The molecule has 0 aromatic heterocycles. The molecule has 2 N–H and O–H groups in total. The van der Waals surface area contributed by atoms with Gasteiger partial charge in [0.05, 0.1) is 0 Å². The molecule has 0 bridgehead atoms. The van der Waals surface area contributed by atoms with E-state index in [0.29, 0.717) is 12.1 Å². The molecule has 2 amide bonds. The summed E-state index contributed by atoms with van der Waals surface area (Å²) in [5, 5.41) is 0. The van der Waals surface area contributed by atoms with Crippen molar-refractivity contribution in [3.8, 4) is 0 Å². The molecule has 0 saturated heterocycles. The van der Waals surface area contributed by atoms with Gasteiger partial charge in [0.25, 0.3) is 0 Å². The second kappa shape index (κ2) is 4.16. The second-order valence-corrected chi connectivity index (χ2v) is 4.03. The van der Waals surface area contributed by atoms with E-state index in [1.165, 1.54) is 11.0 Å². The first kappa shape index (κ1) is 11.6. The number of hydrogen-bond donors (Lipinski definition) is 1. The van der Waals surface area contributed by atoms with Gasteiger partial charge in [0, 0.05) is 12.1 Å². The van der Waals surface area contributed by atoms with Crippen molar-refractivity contribution in [2.24, 2.45) is 10.7 Å². The minimum Gasteiger partial charge on any atom is -0.385 e. The predicted octanol–water partition coefficient (Wildman–Crippen LogP) is 1.99. The van der Waals surface area contributed by atoms with Crippen LogP contribution in [-0.2, 0) is 0 Å². The number of carbonyl (C=O) groups excluding carboxylic acids is 1. The number of nitrogens with zero attached hydrogens (tertiary/aromatic N) is 2. The van der Waals surface area contributed by atoms with Crippen LogP contribution in [0, 0.1) is 12.7 Å². The van der Waals surface area contributed by atoms with Gasteiger partial charge in [-0.15, -0.1) is 0 Å². The van der Waals surface area contributed by atoms with Gasteiger partial charge < -0.3 is 10.6 Å². The minimum atomic E-state index is -0.576. The number of hydrogen-bond acceptors (Lipinski definition) is 2. The summed E-state index contributed by atoms with van der Waals surface area (Å²) in [6, 6.07) is 3.78. The molecule has 1 aliphatic heterocycles. The lowest BCUT2D eigenvalue weighted by Gasteiger charge is -2.23. The lowest BCUT2D eigenvalue weighted by Crippen LogP contribution is -2.33. The first-order chi connectivity index (χ1) is 8.04. The highest BCUT2D eigenvalue weighted by Gasteiger charge is 2.34. The zero-order valence-corrected chi connectivity index (χ0v) is 9.77. The van der Waals surface area contributed by atoms with E-state index in [4.69, 9.17) is 5.73 Å². The number of amidine groups is 1. The Balaban J connectivity index is 2.48. The maximum atomic E-state index is 13.8. The van der Waals surface area contributed by atoms with Gasteiger partial charge in [-0.1, -0.05) is 17.7 Å². The van der Waals surface area contributed by atoms with Crippen molar-refractivity contribution < 1.29 is 9.18 Å². The van der Waals surface area contributed by atoms with E-state index in [0.717, 1.165) is 5.56 Å². The van der Waals surface area contributed by atoms with Crippen molar-refractivity contribution >= 4 is 11.9 Å². The van der Waals surface area contributed by atoms with Gasteiger partial charge in [0.15, 0.2) is 0 Å². The van der Waals surface area contributed by atoms with Crippen molar-refractivity contribution in [3.05, 3.63) is 35.1 Å². The molecule has 5 heteroatoms. The highest BCUT2D eigenvalue weighted by Crippen LogP contribution is 2.28.